The van der Waals surface area contributed by atoms with Crippen LogP contribution in [0.4, 0.5) is 0 Å². The van der Waals surface area contributed by atoms with Crippen LogP contribution < -0.4 is 4.72 Å². The standard InChI is InChI=1S/C25H34N4O3S2/c1-17-11-13-20(14-12-17)33-24-21(27-29-26)15-22(31-16-19-9-7-6-8-10-19)23(32-24)18(2)28-34(30)25(3,4)5/h6-14,18,21-24,28H,15-16H2,1-5H3/t18-,21-,22+,23-,24+,34-/m1/s1. The molecule has 1 fully saturated rings. The lowest BCUT2D eigenvalue weighted by molar-refractivity contribution is -0.135. The fraction of sp³-hybridized carbons (Fsp3) is 0.520. The van der Waals surface area contributed by atoms with Gasteiger partial charge in [0, 0.05) is 15.8 Å². The molecule has 2 aromatic rings. The van der Waals surface area contributed by atoms with E-state index in [0.717, 1.165) is 10.5 Å². The van der Waals surface area contributed by atoms with Crippen molar-refractivity contribution in [3.63, 3.8) is 0 Å². The van der Waals surface area contributed by atoms with Gasteiger partial charge >= 0.3 is 0 Å². The van der Waals surface area contributed by atoms with E-state index in [1.165, 1.54) is 17.3 Å². The molecule has 34 heavy (non-hydrogen) atoms. The number of thioether (sulfide) groups is 1. The summed E-state index contributed by atoms with van der Waals surface area (Å²) in [6, 6.07) is 17.5. The molecule has 1 aliphatic heterocycles. The summed E-state index contributed by atoms with van der Waals surface area (Å²) in [6.45, 7) is 10.2. The van der Waals surface area contributed by atoms with Gasteiger partial charge in [-0.15, -0.1) is 0 Å². The number of azide groups is 1. The first kappa shape index (κ1) is 26.7. The van der Waals surface area contributed by atoms with Gasteiger partial charge in [0.2, 0.25) is 0 Å². The lowest BCUT2D eigenvalue weighted by Crippen LogP contribution is -2.55. The van der Waals surface area contributed by atoms with Crippen LogP contribution >= 0.6 is 11.8 Å². The van der Waals surface area contributed by atoms with Crippen molar-refractivity contribution >= 4 is 22.7 Å². The molecule has 1 N–H and O–H groups in total. The van der Waals surface area contributed by atoms with Crippen LogP contribution in [0.25, 0.3) is 10.4 Å². The van der Waals surface area contributed by atoms with Crippen molar-refractivity contribution in [2.45, 2.75) is 87.0 Å². The van der Waals surface area contributed by atoms with Gasteiger partial charge in [-0.05, 0) is 64.3 Å². The molecule has 184 valence electrons. The van der Waals surface area contributed by atoms with E-state index < -0.39 is 21.8 Å². The quantitative estimate of drug-likeness (QED) is 0.262. The second-order valence-corrected chi connectivity index (χ2v) is 12.7. The molecule has 6 atom stereocenters. The summed E-state index contributed by atoms with van der Waals surface area (Å²) in [6.07, 6.45) is -0.188. The first-order chi connectivity index (χ1) is 16.2. The van der Waals surface area contributed by atoms with Crippen LogP contribution in [-0.2, 0) is 27.1 Å². The number of rotatable bonds is 9. The highest BCUT2D eigenvalue weighted by molar-refractivity contribution is 7.99. The first-order valence-corrected chi connectivity index (χ1v) is 13.5. The summed E-state index contributed by atoms with van der Waals surface area (Å²) in [5, 5.41) is 4.05. The Hall–Kier alpha value is -1.87. The molecule has 0 saturated carbocycles. The van der Waals surface area contributed by atoms with Crippen LogP contribution in [0, 0.1) is 6.92 Å². The van der Waals surface area contributed by atoms with Gasteiger partial charge < -0.3 is 9.47 Å². The molecule has 3 rings (SSSR count). The van der Waals surface area contributed by atoms with Crippen LogP contribution in [0.5, 0.6) is 0 Å². The molecule has 0 aliphatic carbocycles. The zero-order valence-electron chi connectivity index (χ0n) is 20.4. The lowest BCUT2D eigenvalue weighted by atomic mass is 9.97. The van der Waals surface area contributed by atoms with Crippen molar-refractivity contribution in [2.24, 2.45) is 5.11 Å². The van der Waals surface area contributed by atoms with E-state index in [4.69, 9.17) is 9.47 Å². The van der Waals surface area contributed by atoms with E-state index in [2.05, 4.69) is 14.7 Å². The highest BCUT2D eigenvalue weighted by atomic mass is 32.2. The SMILES string of the molecule is Cc1ccc(S[C@@H]2O[C@H]([C@@H](C)N[S@](=O)C(C)(C)C)[C@@H](OCc3ccccc3)C[C@H]2N=[N+]=[N-])cc1. The molecule has 0 radical (unpaired) electrons. The Morgan fingerprint density at radius 3 is 2.53 bits per heavy atom. The minimum atomic E-state index is -1.26. The molecule has 1 heterocycles. The van der Waals surface area contributed by atoms with Crippen LogP contribution in [0.3, 0.4) is 0 Å². The van der Waals surface area contributed by atoms with E-state index in [9.17, 15) is 9.74 Å². The van der Waals surface area contributed by atoms with Crippen LogP contribution in [0.1, 0.15) is 45.2 Å². The Balaban J connectivity index is 1.82. The Morgan fingerprint density at radius 2 is 1.91 bits per heavy atom. The lowest BCUT2D eigenvalue weighted by Gasteiger charge is -2.42. The van der Waals surface area contributed by atoms with Gasteiger partial charge in [-0.25, -0.2) is 8.93 Å². The molecule has 9 heteroatoms. The van der Waals surface area contributed by atoms with Gasteiger partial charge in [0.25, 0.3) is 0 Å². The molecule has 0 amide bonds. The smallest absolute Gasteiger partial charge is 0.116 e. The predicted octanol–water partition coefficient (Wildman–Crippen LogP) is 5.91. The topological polar surface area (TPSA) is 96.3 Å². The number of nitrogens with one attached hydrogen (secondary N) is 1. The Kier molecular flexibility index (Phi) is 9.59. The summed E-state index contributed by atoms with van der Waals surface area (Å²) in [7, 11) is -1.26. The average Bonchev–Trinajstić information content (AvgIpc) is 2.80. The monoisotopic (exact) mass is 502 g/mol. The van der Waals surface area contributed by atoms with Gasteiger partial charge in [-0.2, -0.15) is 0 Å². The molecular formula is C25H34N4O3S2. The molecule has 0 aromatic heterocycles. The van der Waals surface area contributed by atoms with Crippen molar-refractivity contribution in [2.75, 3.05) is 0 Å². The molecule has 1 aliphatic rings. The van der Waals surface area contributed by atoms with Crippen molar-refractivity contribution < 1.29 is 13.7 Å². The van der Waals surface area contributed by atoms with Gasteiger partial charge in [0.15, 0.2) is 0 Å². The van der Waals surface area contributed by atoms with Gasteiger partial charge in [0.05, 0.1) is 34.5 Å². The van der Waals surface area contributed by atoms with Gasteiger partial charge in [0.1, 0.15) is 11.5 Å². The van der Waals surface area contributed by atoms with Crippen molar-refractivity contribution in [1.29, 1.82) is 0 Å². The maximum atomic E-state index is 12.8. The summed E-state index contributed by atoms with van der Waals surface area (Å²) < 4.78 is 28.5. The Morgan fingerprint density at radius 1 is 1.24 bits per heavy atom. The number of benzene rings is 2. The second kappa shape index (κ2) is 12.2. The molecular weight excluding hydrogens is 468 g/mol. The average molecular weight is 503 g/mol. The van der Waals surface area contributed by atoms with Crippen molar-refractivity contribution in [3.8, 4) is 0 Å². The zero-order valence-corrected chi connectivity index (χ0v) is 22.0. The summed E-state index contributed by atoms with van der Waals surface area (Å²) in [5.74, 6) is 0. The fourth-order valence-electron chi connectivity index (χ4n) is 3.63. The third kappa shape index (κ3) is 7.57. The highest BCUT2D eigenvalue weighted by Gasteiger charge is 2.42. The molecule has 0 spiro atoms. The normalized spacial score (nSPS) is 24.7. The minimum absolute atomic E-state index is 0.242. The zero-order chi connectivity index (χ0) is 24.7. The number of aryl methyl sites for hydroxylation is 1. The number of ether oxygens (including phenoxy) is 2. The van der Waals surface area contributed by atoms with Gasteiger partial charge in [-0.1, -0.05) is 64.9 Å². The van der Waals surface area contributed by atoms with Crippen LogP contribution in [-0.4, -0.2) is 38.7 Å². The van der Waals surface area contributed by atoms with E-state index >= 15 is 0 Å². The molecule has 7 nitrogen and oxygen atoms in total. The predicted molar refractivity (Wildman–Crippen MR) is 139 cm³/mol. The summed E-state index contributed by atoms with van der Waals surface area (Å²) in [5.41, 5.74) is 11.1. The van der Waals surface area contributed by atoms with E-state index in [-0.39, 0.29) is 23.7 Å². The molecule has 2 aromatic carbocycles. The maximum Gasteiger partial charge on any atom is 0.116 e. The van der Waals surface area contributed by atoms with E-state index in [1.54, 1.807) is 0 Å². The van der Waals surface area contributed by atoms with E-state index in [1.807, 2.05) is 89.2 Å². The van der Waals surface area contributed by atoms with Gasteiger partial charge in [-0.3, -0.25) is 0 Å². The molecule has 0 bridgehead atoms. The number of hydrogen-bond donors (Lipinski definition) is 1. The van der Waals surface area contributed by atoms with Crippen molar-refractivity contribution in [1.82, 2.24) is 4.72 Å². The highest BCUT2D eigenvalue weighted by Crippen LogP contribution is 2.37. The molecule has 1 saturated heterocycles. The molecule has 0 unspecified atom stereocenters. The Bertz CT molecular complexity index is 991. The largest absolute Gasteiger partial charge is 0.371 e. The van der Waals surface area contributed by atoms with Crippen molar-refractivity contribution in [3.05, 3.63) is 76.2 Å². The fourth-order valence-corrected chi connectivity index (χ4v) is 5.53. The first-order valence-electron chi connectivity index (χ1n) is 11.4. The van der Waals surface area contributed by atoms with Crippen LogP contribution in [0.15, 0.2) is 64.6 Å². The number of hydrogen-bond acceptors (Lipinski definition) is 5. The summed E-state index contributed by atoms with van der Waals surface area (Å²) >= 11 is 1.54. The summed E-state index contributed by atoms with van der Waals surface area (Å²) in [4.78, 5) is 4.12. The Labute approximate surface area is 209 Å². The minimum Gasteiger partial charge on any atom is -0.371 e. The second-order valence-electron chi connectivity index (χ2n) is 9.53. The third-order valence-electron chi connectivity index (χ3n) is 5.57. The third-order valence-corrected chi connectivity index (χ3v) is 8.47. The van der Waals surface area contributed by atoms with E-state index in [0.29, 0.717) is 13.0 Å². The maximum absolute atomic E-state index is 12.8. The van der Waals surface area contributed by atoms with Crippen LogP contribution in [0.2, 0.25) is 0 Å². The number of nitrogens with zero attached hydrogens (tertiary/aromatic N) is 3.